The first kappa shape index (κ1) is 17.1. The van der Waals surface area contributed by atoms with E-state index in [1.165, 1.54) is 12.8 Å². The Labute approximate surface area is 162 Å². The van der Waals surface area contributed by atoms with Crippen LogP contribution < -0.4 is 10.6 Å². The fraction of sp³-hybridized carbons (Fsp3) is 0.400. The molecular weight excluding hydrogens is 354 g/mol. The van der Waals surface area contributed by atoms with E-state index in [4.69, 9.17) is 0 Å². The number of amides is 1. The number of piperidine rings is 1. The van der Waals surface area contributed by atoms with Crippen molar-refractivity contribution in [3.8, 4) is 11.4 Å². The molecule has 8 nitrogen and oxygen atoms in total. The van der Waals surface area contributed by atoms with Crippen LogP contribution in [0.1, 0.15) is 37.4 Å². The van der Waals surface area contributed by atoms with Gasteiger partial charge in [-0.25, -0.2) is 4.98 Å². The first-order valence-electron chi connectivity index (χ1n) is 9.80. The molecule has 0 radical (unpaired) electrons. The van der Waals surface area contributed by atoms with Gasteiger partial charge in [0.25, 0.3) is 5.91 Å². The van der Waals surface area contributed by atoms with Crippen molar-refractivity contribution < 1.29 is 4.79 Å². The molecule has 3 aromatic rings. The third-order valence-corrected chi connectivity index (χ3v) is 5.64. The Balaban J connectivity index is 1.39. The second kappa shape index (κ2) is 6.87. The first-order valence-corrected chi connectivity index (χ1v) is 9.80. The molecule has 1 aliphatic carbocycles. The molecule has 1 aliphatic heterocycles. The van der Waals surface area contributed by atoms with Crippen molar-refractivity contribution in [2.75, 3.05) is 18.4 Å². The summed E-state index contributed by atoms with van der Waals surface area (Å²) in [4.78, 5) is 17.9. The molecule has 5 rings (SSSR count). The lowest BCUT2D eigenvalue weighted by atomic mass is 9.87. The highest BCUT2D eigenvalue weighted by Crippen LogP contribution is 2.38. The lowest BCUT2D eigenvalue weighted by Gasteiger charge is -2.36. The molecule has 0 bridgehead atoms. The maximum Gasteiger partial charge on any atom is 0.252 e. The topological polar surface area (TPSA) is 101 Å². The summed E-state index contributed by atoms with van der Waals surface area (Å²) < 4.78 is 1.80. The molecule has 0 unspecified atom stereocenters. The number of nitrogens with one attached hydrogen (secondary N) is 3. The van der Waals surface area contributed by atoms with E-state index in [0.717, 1.165) is 30.2 Å². The van der Waals surface area contributed by atoms with Crippen LogP contribution in [0, 0.1) is 0 Å². The highest BCUT2D eigenvalue weighted by molar-refractivity contribution is 5.97. The summed E-state index contributed by atoms with van der Waals surface area (Å²) in [5, 5.41) is 18.2. The van der Waals surface area contributed by atoms with E-state index in [-0.39, 0.29) is 5.91 Å². The predicted octanol–water partition coefficient (Wildman–Crippen LogP) is 2.26. The third kappa shape index (κ3) is 3.09. The van der Waals surface area contributed by atoms with Gasteiger partial charge in [-0.3, -0.25) is 14.6 Å². The number of anilines is 1. The average Bonchev–Trinajstić information content (AvgIpc) is 3.21. The van der Waals surface area contributed by atoms with Gasteiger partial charge in [-0.15, -0.1) is 0 Å². The number of H-pyrrole nitrogens is 1. The van der Waals surface area contributed by atoms with Gasteiger partial charge in [-0.1, -0.05) is 12.1 Å². The average molecular weight is 377 g/mol. The summed E-state index contributed by atoms with van der Waals surface area (Å²) in [6.45, 7) is 1.57. The maximum absolute atomic E-state index is 13.3. The third-order valence-electron chi connectivity index (χ3n) is 5.64. The fourth-order valence-electron chi connectivity index (χ4n) is 3.85. The minimum absolute atomic E-state index is 0.0384. The van der Waals surface area contributed by atoms with Gasteiger partial charge in [0, 0.05) is 29.6 Å². The van der Waals surface area contributed by atoms with E-state index in [2.05, 4.69) is 30.9 Å². The number of rotatable bonds is 5. The summed E-state index contributed by atoms with van der Waals surface area (Å²) in [5.41, 5.74) is 0.957. The zero-order valence-electron chi connectivity index (χ0n) is 15.6. The Hall–Kier alpha value is -3.00. The Morgan fingerprint density at radius 2 is 2.07 bits per heavy atom. The van der Waals surface area contributed by atoms with Crippen LogP contribution in [-0.4, -0.2) is 44.0 Å². The Bertz CT molecular complexity index is 968. The molecule has 1 amide bonds. The Morgan fingerprint density at radius 1 is 1.21 bits per heavy atom. The SMILES string of the molecule is O=C(Nc1cccc(-c2n[nH]c(C3CC3)n2)c1)C1(n2cccn2)CCNCC1. The Morgan fingerprint density at radius 3 is 2.82 bits per heavy atom. The molecule has 2 aliphatic rings. The summed E-state index contributed by atoms with van der Waals surface area (Å²) in [6.07, 6.45) is 7.34. The molecule has 2 fully saturated rings. The number of aromatic nitrogens is 5. The van der Waals surface area contributed by atoms with E-state index >= 15 is 0 Å². The van der Waals surface area contributed by atoms with Gasteiger partial charge in [0.15, 0.2) is 5.82 Å². The van der Waals surface area contributed by atoms with Crippen molar-refractivity contribution in [3.05, 3.63) is 48.5 Å². The molecule has 1 aromatic carbocycles. The van der Waals surface area contributed by atoms with E-state index in [0.29, 0.717) is 24.6 Å². The van der Waals surface area contributed by atoms with Crippen molar-refractivity contribution in [2.24, 2.45) is 0 Å². The van der Waals surface area contributed by atoms with Crippen molar-refractivity contribution in [1.82, 2.24) is 30.3 Å². The maximum atomic E-state index is 13.3. The number of aromatic amines is 1. The molecule has 1 saturated heterocycles. The summed E-state index contributed by atoms with van der Waals surface area (Å²) in [7, 11) is 0. The van der Waals surface area contributed by atoms with Crippen LogP contribution >= 0.6 is 0 Å². The minimum Gasteiger partial charge on any atom is -0.324 e. The van der Waals surface area contributed by atoms with E-state index < -0.39 is 5.54 Å². The summed E-state index contributed by atoms with van der Waals surface area (Å²) in [5.74, 6) is 2.11. The molecule has 0 atom stereocenters. The lowest BCUT2D eigenvalue weighted by Crippen LogP contribution is -2.52. The number of hydrogen-bond donors (Lipinski definition) is 3. The lowest BCUT2D eigenvalue weighted by molar-refractivity contribution is -0.126. The number of nitrogens with zero attached hydrogens (tertiary/aromatic N) is 4. The van der Waals surface area contributed by atoms with Crippen LogP contribution in [0.15, 0.2) is 42.7 Å². The number of hydrogen-bond acceptors (Lipinski definition) is 5. The van der Waals surface area contributed by atoms with Gasteiger partial charge in [0.05, 0.1) is 0 Å². The number of carbonyl (C=O) groups is 1. The predicted molar refractivity (Wildman–Crippen MR) is 105 cm³/mol. The molecule has 8 heteroatoms. The second-order valence-corrected chi connectivity index (χ2v) is 7.59. The molecule has 3 heterocycles. The smallest absolute Gasteiger partial charge is 0.252 e. The van der Waals surface area contributed by atoms with Gasteiger partial charge in [0.2, 0.25) is 0 Å². The monoisotopic (exact) mass is 377 g/mol. The van der Waals surface area contributed by atoms with Crippen LogP contribution in [0.2, 0.25) is 0 Å². The molecule has 144 valence electrons. The largest absolute Gasteiger partial charge is 0.324 e. The molecule has 3 N–H and O–H groups in total. The molecule has 28 heavy (non-hydrogen) atoms. The van der Waals surface area contributed by atoms with Crippen LogP contribution in [0.25, 0.3) is 11.4 Å². The summed E-state index contributed by atoms with van der Waals surface area (Å²) in [6, 6.07) is 9.56. The normalized spacial score (nSPS) is 18.7. The Kier molecular flexibility index (Phi) is 4.20. The quantitative estimate of drug-likeness (QED) is 0.633. The zero-order chi connectivity index (χ0) is 19.0. The van der Waals surface area contributed by atoms with Gasteiger partial charge in [-0.05, 0) is 57.0 Å². The van der Waals surface area contributed by atoms with Gasteiger partial charge in [-0.2, -0.15) is 10.2 Å². The van der Waals surface area contributed by atoms with Crippen molar-refractivity contribution in [2.45, 2.75) is 37.1 Å². The minimum atomic E-state index is -0.672. The van der Waals surface area contributed by atoms with Crippen LogP contribution in [0.3, 0.4) is 0 Å². The first-order chi connectivity index (χ1) is 13.7. The van der Waals surface area contributed by atoms with Crippen LogP contribution in [-0.2, 0) is 10.3 Å². The number of carbonyl (C=O) groups excluding carboxylic acids is 1. The van der Waals surface area contributed by atoms with E-state index in [9.17, 15) is 4.79 Å². The molecule has 0 spiro atoms. The highest BCUT2D eigenvalue weighted by atomic mass is 16.2. The number of benzene rings is 1. The van der Waals surface area contributed by atoms with Gasteiger partial charge < -0.3 is 10.6 Å². The van der Waals surface area contributed by atoms with E-state index in [1.54, 1.807) is 10.9 Å². The van der Waals surface area contributed by atoms with Crippen LogP contribution in [0.5, 0.6) is 0 Å². The molecular formula is C20H23N7O. The molecule has 2 aromatic heterocycles. The summed E-state index contributed by atoms with van der Waals surface area (Å²) >= 11 is 0. The van der Waals surface area contributed by atoms with Crippen LogP contribution in [0.4, 0.5) is 5.69 Å². The molecule has 1 saturated carbocycles. The second-order valence-electron chi connectivity index (χ2n) is 7.59. The van der Waals surface area contributed by atoms with Gasteiger partial charge in [0.1, 0.15) is 11.4 Å². The van der Waals surface area contributed by atoms with E-state index in [1.807, 2.05) is 36.5 Å². The highest BCUT2D eigenvalue weighted by Gasteiger charge is 2.42. The van der Waals surface area contributed by atoms with Crippen molar-refractivity contribution in [3.63, 3.8) is 0 Å². The van der Waals surface area contributed by atoms with Crippen molar-refractivity contribution in [1.29, 1.82) is 0 Å². The zero-order valence-corrected chi connectivity index (χ0v) is 15.6. The van der Waals surface area contributed by atoms with Gasteiger partial charge >= 0.3 is 0 Å². The standard InChI is InChI=1S/C20H23N7O/c28-19(20(7-10-21-11-8-20)27-12-2-9-22-27)23-16-4-1-3-15(13-16)18-24-17(25-26-18)14-5-6-14/h1-4,9,12-14,21H,5-8,10-11H2,(H,23,28)(H,24,25,26). The van der Waals surface area contributed by atoms with Crippen molar-refractivity contribution >= 4 is 11.6 Å². The fourth-order valence-corrected chi connectivity index (χ4v) is 3.85.